The summed E-state index contributed by atoms with van der Waals surface area (Å²) < 4.78 is 18.0. The maximum Gasteiger partial charge on any atom is 0.270 e. The molecule has 0 unspecified atom stereocenters. The molecule has 4 rings (SSSR count). The molecule has 0 bridgehead atoms. The van der Waals surface area contributed by atoms with E-state index in [4.69, 9.17) is 26.4 Å². The lowest BCUT2D eigenvalue weighted by atomic mass is 10.1. The Labute approximate surface area is 239 Å². The van der Waals surface area contributed by atoms with E-state index in [0.29, 0.717) is 38.7 Å². The Kier molecular flexibility index (Phi) is 9.09. The molecule has 1 aliphatic heterocycles. The standard InChI is InChI=1S/C28H25BrN2O5S2/c1-4-35-21-9-7-20(8-10-21)31-27(33)25(38-28(31)37)15-18-5-12-23(24(14-18)34-3)36-16-26(32)30-22-11-6-19(29)13-17(22)2/h5-15H,4,16H2,1-3H3,(H,30,32)/b25-15-. The van der Waals surface area contributed by atoms with E-state index in [0.717, 1.165) is 21.3 Å². The maximum absolute atomic E-state index is 13.1. The number of amides is 2. The number of benzene rings is 3. The van der Waals surface area contributed by atoms with Crippen LogP contribution in [0.25, 0.3) is 6.08 Å². The summed E-state index contributed by atoms with van der Waals surface area (Å²) in [7, 11) is 1.52. The number of halogens is 1. The van der Waals surface area contributed by atoms with Crippen molar-refractivity contribution in [2.75, 3.05) is 30.5 Å². The van der Waals surface area contributed by atoms with Crippen LogP contribution in [0.1, 0.15) is 18.1 Å². The average Bonchev–Trinajstić information content (AvgIpc) is 3.17. The summed E-state index contributed by atoms with van der Waals surface area (Å²) in [4.78, 5) is 27.6. The van der Waals surface area contributed by atoms with Crippen LogP contribution in [0.15, 0.2) is 70.0 Å². The number of thiocarbonyl (C=S) groups is 1. The third-order valence-electron chi connectivity index (χ3n) is 5.51. The van der Waals surface area contributed by atoms with Crippen LogP contribution in [0.2, 0.25) is 0 Å². The number of carbonyl (C=O) groups excluding carboxylic acids is 2. The first-order valence-electron chi connectivity index (χ1n) is 11.7. The second-order valence-electron chi connectivity index (χ2n) is 8.15. The van der Waals surface area contributed by atoms with Crippen molar-refractivity contribution in [1.82, 2.24) is 0 Å². The van der Waals surface area contributed by atoms with Crippen molar-refractivity contribution in [2.24, 2.45) is 0 Å². The van der Waals surface area contributed by atoms with Crippen LogP contribution in [0.5, 0.6) is 17.2 Å². The predicted molar refractivity (Wildman–Crippen MR) is 159 cm³/mol. The van der Waals surface area contributed by atoms with Gasteiger partial charge in [-0.15, -0.1) is 0 Å². The number of ether oxygens (including phenoxy) is 3. The van der Waals surface area contributed by atoms with Gasteiger partial charge in [0, 0.05) is 10.2 Å². The fourth-order valence-electron chi connectivity index (χ4n) is 3.69. The summed E-state index contributed by atoms with van der Waals surface area (Å²) >= 11 is 10.1. The van der Waals surface area contributed by atoms with Gasteiger partial charge in [-0.2, -0.15) is 0 Å². The van der Waals surface area contributed by atoms with E-state index < -0.39 is 0 Å². The van der Waals surface area contributed by atoms with E-state index in [1.807, 2.05) is 56.3 Å². The van der Waals surface area contributed by atoms with Crippen LogP contribution in [0.4, 0.5) is 11.4 Å². The molecule has 1 N–H and O–H groups in total. The number of thioether (sulfide) groups is 1. The molecule has 0 atom stereocenters. The molecule has 0 radical (unpaired) electrons. The lowest BCUT2D eigenvalue weighted by Gasteiger charge is -2.15. The molecule has 0 aromatic heterocycles. The highest BCUT2D eigenvalue weighted by atomic mass is 79.9. The van der Waals surface area contributed by atoms with Crippen molar-refractivity contribution >= 4 is 73.5 Å². The predicted octanol–water partition coefficient (Wildman–Crippen LogP) is 6.59. The normalized spacial score (nSPS) is 14.1. The van der Waals surface area contributed by atoms with Crippen LogP contribution < -0.4 is 24.4 Å². The van der Waals surface area contributed by atoms with Gasteiger partial charge in [0.15, 0.2) is 22.4 Å². The first kappa shape index (κ1) is 27.7. The van der Waals surface area contributed by atoms with Crippen molar-refractivity contribution in [3.8, 4) is 17.2 Å². The second kappa shape index (κ2) is 12.5. The van der Waals surface area contributed by atoms with Crippen LogP contribution >= 0.6 is 39.9 Å². The van der Waals surface area contributed by atoms with Gasteiger partial charge in [-0.25, -0.2) is 0 Å². The number of anilines is 2. The lowest BCUT2D eigenvalue weighted by molar-refractivity contribution is -0.118. The molecular formula is C28H25BrN2O5S2. The number of hydrogen-bond acceptors (Lipinski definition) is 7. The van der Waals surface area contributed by atoms with Gasteiger partial charge in [0.05, 0.1) is 24.3 Å². The van der Waals surface area contributed by atoms with Crippen molar-refractivity contribution in [2.45, 2.75) is 13.8 Å². The molecule has 0 saturated carbocycles. The van der Waals surface area contributed by atoms with Gasteiger partial charge in [-0.3, -0.25) is 14.5 Å². The first-order valence-corrected chi connectivity index (χ1v) is 13.7. The number of methoxy groups -OCH3 is 1. The summed E-state index contributed by atoms with van der Waals surface area (Å²) in [6, 6.07) is 18.1. The minimum Gasteiger partial charge on any atom is -0.494 e. The molecule has 3 aromatic rings. The number of hydrogen-bond donors (Lipinski definition) is 1. The molecule has 7 nitrogen and oxygen atoms in total. The van der Waals surface area contributed by atoms with Gasteiger partial charge in [0.25, 0.3) is 11.8 Å². The Hall–Kier alpha value is -3.34. The highest BCUT2D eigenvalue weighted by Gasteiger charge is 2.33. The molecule has 1 saturated heterocycles. The van der Waals surface area contributed by atoms with E-state index >= 15 is 0 Å². The van der Waals surface area contributed by atoms with Crippen molar-refractivity contribution < 1.29 is 23.8 Å². The Morgan fingerprint density at radius 3 is 2.53 bits per heavy atom. The maximum atomic E-state index is 13.1. The number of aryl methyl sites for hydroxylation is 1. The van der Waals surface area contributed by atoms with E-state index in [1.165, 1.54) is 23.8 Å². The smallest absolute Gasteiger partial charge is 0.270 e. The van der Waals surface area contributed by atoms with E-state index in [1.54, 1.807) is 24.3 Å². The number of nitrogens with one attached hydrogen (secondary N) is 1. The van der Waals surface area contributed by atoms with E-state index in [-0.39, 0.29) is 18.4 Å². The van der Waals surface area contributed by atoms with Gasteiger partial charge in [-0.05, 0) is 85.6 Å². The van der Waals surface area contributed by atoms with Gasteiger partial charge in [0.1, 0.15) is 5.75 Å². The summed E-state index contributed by atoms with van der Waals surface area (Å²) in [5, 5.41) is 2.84. The zero-order valence-electron chi connectivity index (χ0n) is 20.9. The SMILES string of the molecule is CCOc1ccc(N2C(=O)/C(=C/c3ccc(OCC(=O)Nc4ccc(Br)cc4C)c(OC)c3)SC2=S)cc1. The van der Waals surface area contributed by atoms with Gasteiger partial charge >= 0.3 is 0 Å². The Balaban J connectivity index is 1.44. The molecule has 1 aliphatic rings. The monoisotopic (exact) mass is 612 g/mol. The summed E-state index contributed by atoms with van der Waals surface area (Å²) in [5.74, 6) is 1.08. The third kappa shape index (κ3) is 6.56. The van der Waals surface area contributed by atoms with Gasteiger partial charge in [0.2, 0.25) is 0 Å². The van der Waals surface area contributed by atoms with Crippen molar-refractivity contribution in [3.63, 3.8) is 0 Å². The molecule has 3 aromatic carbocycles. The highest BCUT2D eigenvalue weighted by Crippen LogP contribution is 2.37. The molecular weight excluding hydrogens is 588 g/mol. The van der Waals surface area contributed by atoms with Crippen molar-refractivity contribution in [3.05, 3.63) is 81.2 Å². The molecule has 10 heteroatoms. The Morgan fingerprint density at radius 1 is 1.08 bits per heavy atom. The molecule has 1 heterocycles. The lowest BCUT2D eigenvalue weighted by Crippen LogP contribution is -2.27. The van der Waals surface area contributed by atoms with Gasteiger partial charge < -0.3 is 19.5 Å². The van der Waals surface area contributed by atoms with Crippen LogP contribution in [-0.4, -0.2) is 36.5 Å². The van der Waals surface area contributed by atoms with Gasteiger partial charge in [-0.1, -0.05) is 46.0 Å². The fourth-order valence-corrected chi connectivity index (χ4v) is 5.46. The zero-order chi connectivity index (χ0) is 27.2. The largest absolute Gasteiger partial charge is 0.494 e. The van der Waals surface area contributed by atoms with Crippen molar-refractivity contribution in [1.29, 1.82) is 0 Å². The fraction of sp³-hybridized carbons (Fsp3) is 0.179. The van der Waals surface area contributed by atoms with Crippen LogP contribution in [0.3, 0.4) is 0 Å². The second-order valence-corrected chi connectivity index (χ2v) is 10.7. The Morgan fingerprint density at radius 2 is 1.84 bits per heavy atom. The summed E-state index contributed by atoms with van der Waals surface area (Å²) in [6.45, 7) is 4.20. The minimum absolute atomic E-state index is 0.189. The summed E-state index contributed by atoms with van der Waals surface area (Å²) in [5.41, 5.74) is 3.06. The summed E-state index contributed by atoms with van der Waals surface area (Å²) in [6.07, 6.45) is 1.75. The quantitative estimate of drug-likeness (QED) is 0.216. The number of carbonyl (C=O) groups is 2. The molecule has 2 amide bonds. The average molecular weight is 614 g/mol. The zero-order valence-corrected chi connectivity index (χ0v) is 24.2. The molecule has 38 heavy (non-hydrogen) atoms. The first-order chi connectivity index (χ1) is 18.3. The van der Waals surface area contributed by atoms with E-state index in [2.05, 4.69) is 21.2 Å². The number of rotatable bonds is 9. The van der Waals surface area contributed by atoms with Crippen LogP contribution in [-0.2, 0) is 9.59 Å². The Bertz CT molecular complexity index is 1410. The highest BCUT2D eigenvalue weighted by molar-refractivity contribution is 9.10. The van der Waals surface area contributed by atoms with E-state index in [9.17, 15) is 9.59 Å². The number of nitrogens with zero attached hydrogens (tertiary/aromatic N) is 1. The molecule has 0 aliphatic carbocycles. The molecule has 0 spiro atoms. The third-order valence-corrected chi connectivity index (χ3v) is 7.30. The molecule has 196 valence electrons. The molecule has 1 fully saturated rings. The van der Waals surface area contributed by atoms with Crippen LogP contribution in [0, 0.1) is 6.92 Å². The minimum atomic E-state index is -0.292. The topological polar surface area (TPSA) is 77.1 Å².